The fourth-order valence-electron chi connectivity index (χ4n) is 2.70. The van der Waals surface area contributed by atoms with E-state index in [9.17, 15) is 13.2 Å². The lowest BCUT2D eigenvalue weighted by molar-refractivity contribution is -0.137. The van der Waals surface area contributed by atoms with E-state index in [-0.39, 0.29) is 11.9 Å². The van der Waals surface area contributed by atoms with Crippen molar-refractivity contribution in [2.45, 2.75) is 18.6 Å². The van der Waals surface area contributed by atoms with Crippen molar-refractivity contribution in [3.63, 3.8) is 0 Å². The molecule has 0 radical (unpaired) electrons. The first-order valence-electron chi connectivity index (χ1n) is 8.34. The zero-order chi connectivity index (χ0) is 19.4. The average molecular weight is 379 g/mol. The van der Waals surface area contributed by atoms with Gasteiger partial charge in [0.1, 0.15) is 0 Å². The van der Waals surface area contributed by atoms with Crippen LogP contribution in [0, 0.1) is 0 Å². The Morgan fingerprint density at radius 3 is 2.48 bits per heavy atom. The van der Waals surface area contributed by atoms with Gasteiger partial charge in [-0.25, -0.2) is 11.0 Å². The third-order valence-electron chi connectivity index (χ3n) is 4.20. The number of hydrazine groups is 1. The number of nitrogens with two attached hydrogens (primary N) is 2. The number of hydrogen-bond donors (Lipinski definition) is 3. The summed E-state index contributed by atoms with van der Waals surface area (Å²) in [5.41, 5.74) is 7.08. The summed E-state index contributed by atoms with van der Waals surface area (Å²) >= 11 is 0. The number of nitrogens with one attached hydrogen (secondary N) is 1. The summed E-state index contributed by atoms with van der Waals surface area (Å²) in [4.78, 5) is 0. The maximum Gasteiger partial charge on any atom is 0.416 e. The molecule has 1 aliphatic rings. The number of rotatable bonds is 5. The molecule has 0 spiro atoms. The van der Waals surface area contributed by atoms with Crippen LogP contribution in [0.1, 0.15) is 17.5 Å². The standard InChI is InChI=1S/C18H20F3N5O/c19-18(20,21)12-5-7-13(8-6-12)24-16-4-2-1-3-15(16)17(22)25-26(23)14-9-10-27-11-14/h1-8,14,24H,9-11,23H2,(H2,22,25). The monoisotopic (exact) mass is 379 g/mol. The highest BCUT2D eigenvalue weighted by Gasteiger charge is 2.30. The van der Waals surface area contributed by atoms with E-state index in [0.29, 0.717) is 30.2 Å². The lowest BCUT2D eigenvalue weighted by Crippen LogP contribution is -2.39. The molecule has 2 aromatic carbocycles. The number of benzene rings is 2. The van der Waals surface area contributed by atoms with E-state index in [1.54, 1.807) is 24.3 Å². The van der Waals surface area contributed by atoms with Crippen molar-refractivity contribution in [1.29, 1.82) is 0 Å². The van der Waals surface area contributed by atoms with Crippen molar-refractivity contribution in [2.24, 2.45) is 16.7 Å². The quantitative estimate of drug-likeness (QED) is 0.322. The predicted molar refractivity (Wildman–Crippen MR) is 97.1 cm³/mol. The van der Waals surface area contributed by atoms with Crippen molar-refractivity contribution in [3.8, 4) is 0 Å². The van der Waals surface area contributed by atoms with Crippen LogP contribution in [0.3, 0.4) is 0 Å². The second-order valence-electron chi connectivity index (χ2n) is 6.13. The highest BCUT2D eigenvalue weighted by molar-refractivity contribution is 6.02. The Morgan fingerprint density at radius 1 is 1.15 bits per heavy atom. The van der Waals surface area contributed by atoms with Gasteiger partial charge in [-0.2, -0.15) is 13.2 Å². The van der Waals surface area contributed by atoms with E-state index in [1.165, 1.54) is 17.3 Å². The molecular weight excluding hydrogens is 359 g/mol. The number of hydrogen-bond acceptors (Lipinski definition) is 5. The maximum absolute atomic E-state index is 12.7. The van der Waals surface area contributed by atoms with Gasteiger partial charge in [0, 0.05) is 23.5 Å². The van der Waals surface area contributed by atoms with E-state index in [1.807, 2.05) is 0 Å². The summed E-state index contributed by atoms with van der Waals surface area (Å²) in [6.45, 7) is 1.11. The molecule has 9 heteroatoms. The number of alkyl halides is 3. The molecule has 5 N–H and O–H groups in total. The molecular formula is C18H20F3N5O. The first kappa shape index (κ1) is 19.0. The van der Waals surface area contributed by atoms with Crippen molar-refractivity contribution in [2.75, 3.05) is 18.5 Å². The van der Waals surface area contributed by atoms with Gasteiger partial charge in [0.2, 0.25) is 0 Å². The molecule has 0 aromatic heterocycles. The van der Waals surface area contributed by atoms with Crippen LogP contribution < -0.4 is 16.9 Å². The first-order chi connectivity index (χ1) is 12.8. The molecule has 1 saturated heterocycles. The Balaban J connectivity index is 1.79. The summed E-state index contributed by atoms with van der Waals surface area (Å²) in [7, 11) is 0. The first-order valence-corrected chi connectivity index (χ1v) is 8.34. The molecule has 27 heavy (non-hydrogen) atoms. The van der Waals surface area contributed by atoms with Crippen LogP contribution in [0.5, 0.6) is 0 Å². The predicted octanol–water partition coefficient (Wildman–Crippen LogP) is 3.03. The van der Waals surface area contributed by atoms with Gasteiger partial charge in [0.25, 0.3) is 0 Å². The van der Waals surface area contributed by atoms with Gasteiger partial charge < -0.3 is 15.8 Å². The molecule has 0 saturated carbocycles. The summed E-state index contributed by atoms with van der Waals surface area (Å²) in [5, 5.41) is 8.57. The third-order valence-corrected chi connectivity index (χ3v) is 4.20. The van der Waals surface area contributed by atoms with E-state index in [4.69, 9.17) is 16.3 Å². The molecule has 144 valence electrons. The molecule has 1 fully saturated rings. The van der Waals surface area contributed by atoms with Gasteiger partial charge in [0.05, 0.1) is 18.2 Å². The van der Waals surface area contributed by atoms with E-state index >= 15 is 0 Å². The molecule has 1 aliphatic heterocycles. The van der Waals surface area contributed by atoms with Crippen molar-refractivity contribution in [3.05, 3.63) is 59.7 Å². The zero-order valence-electron chi connectivity index (χ0n) is 14.4. The molecule has 2 aromatic rings. The van der Waals surface area contributed by atoms with Crippen LogP contribution >= 0.6 is 0 Å². The van der Waals surface area contributed by atoms with Crippen LogP contribution in [0.15, 0.2) is 53.6 Å². The van der Waals surface area contributed by atoms with Crippen molar-refractivity contribution < 1.29 is 17.9 Å². The zero-order valence-corrected chi connectivity index (χ0v) is 14.4. The second kappa shape index (κ2) is 7.85. The number of para-hydroxylation sites is 1. The number of hydrazone groups is 1. The summed E-state index contributed by atoms with van der Waals surface area (Å²) in [6.07, 6.45) is -3.61. The molecule has 6 nitrogen and oxygen atoms in total. The Kier molecular flexibility index (Phi) is 5.52. The fraction of sp³-hybridized carbons (Fsp3) is 0.278. The number of nitrogens with zero attached hydrogens (tertiary/aromatic N) is 2. The van der Waals surface area contributed by atoms with Crippen molar-refractivity contribution in [1.82, 2.24) is 5.12 Å². The Bertz CT molecular complexity index is 801. The normalized spacial score (nSPS) is 17.8. The number of anilines is 2. The van der Waals surface area contributed by atoms with Gasteiger partial charge in [-0.05, 0) is 42.8 Å². The highest BCUT2D eigenvalue weighted by atomic mass is 19.4. The minimum absolute atomic E-state index is 0.0430. The van der Waals surface area contributed by atoms with Gasteiger partial charge in [-0.15, -0.1) is 5.10 Å². The van der Waals surface area contributed by atoms with Gasteiger partial charge >= 0.3 is 6.18 Å². The van der Waals surface area contributed by atoms with E-state index in [2.05, 4.69) is 10.4 Å². The smallest absolute Gasteiger partial charge is 0.382 e. The number of halogens is 3. The minimum atomic E-state index is -4.37. The van der Waals surface area contributed by atoms with Crippen molar-refractivity contribution >= 4 is 17.2 Å². The number of amidine groups is 1. The molecule has 0 aliphatic carbocycles. The third kappa shape index (κ3) is 4.69. The molecule has 1 heterocycles. The number of ether oxygens (including phenoxy) is 1. The average Bonchev–Trinajstić information content (AvgIpc) is 3.16. The Morgan fingerprint density at radius 2 is 1.85 bits per heavy atom. The lowest BCUT2D eigenvalue weighted by atomic mass is 10.1. The van der Waals surface area contributed by atoms with Gasteiger partial charge in [-0.3, -0.25) is 0 Å². The largest absolute Gasteiger partial charge is 0.416 e. The minimum Gasteiger partial charge on any atom is -0.382 e. The molecule has 0 amide bonds. The topological polar surface area (TPSA) is 88.9 Å². The van der Waals surface area contributed by atoms with Gasteiger partial charge in [-0.1, -0.05) is 12.1 Å². The van der Waals surface area contributed by atoms with E-state index in [0.717, 1.165) is 18.6 Å². The van der Waals surface area contributed by atoms with Crippen LogP contribution in [-0.4, -0.2) is 30.2 Å². The van der Waals surface area contributed by atoms with Crippen LogP contribution in [0.4, 0.5) is 24.5 Å². The molecule has 3 rings (SSSR count). The van der Waals surface area contributed by atoms with Crippen LogP contribution in [0.2, 0.25) is 0 Å². The summed E-state index contributed by atoms with van der Waals surface area (Å²) in [5.74, 6) is 6.13. The molecule has 0 bridgehead atoms. The van der Waals surface area contributed by atoms with Gasteiger partial charge in [0.15, 0.2) is 5.84 Å². The Hall–Kier alpha value is -2.78. The molecule has 1 unspecified atom stereocenters. The fourth-order valence-corrected chi connectivity index (χ4v) is 2.70. The second-order valence-corrected chi connectivity index (χ2v) is 6.13. The van der Waals surface area contributed by atoms with Crippen LogP contribution in [-0.2, 0) is 10.9 Å². The Labute approximate surface area is 154 Å². The maximum atomic E-state index is 12.7. The summed E-state index contributed by atoms with van der Waals surface area (Å²) < 4.78 is 43.3. The lowest BCUT2D eigenvalue weighted by Gasteiger charge is -2.20. The SMILES string of the molecule is N/C(=N\N(N)C1CCOC1)c1ccccc1Nc1ccc(C(F)(F)F)cc1. The van der Waals surface area contributed by atoms with E-state index < -0.39 is 11.7 Å². The summed E-state index contributed by atoms with van der Waals surface area (Å²) in [6, 6.07) is 11.8. The highest BCUT2D eigenvalue weighted by Crippen LogP contribution is 2.30. The van der Waals surface area contributed by atoms with Crippen LogP contribution in [0.25, 0.3) is 0 Å². The molecule has 1 atom stereocenters.